The van der Waals surface area contributed by atoms with Gasteiger partial charge in [0.1, 0.15) is 0 Å². The van der Waals surface area contributed by atoms with E-state index in [-0.39, 0.29) is 0 Å². The molecule has 2 heteroatoms. The third-order valence-electron chi connectivity index (χ3n) is 3.12. The quantitative estimate of drug-likeness (QED) is 0.653. The van der Waals surface area contributed by atoms with E-state index in [0.717, 1.165) is 25.0 Å². The lowest BCUT2D eigenvalue weighted by atomic mass is 9.78. The first-order valence-corrected chi connectivity index (χ1v) is 5.70. The Morgan fingerprint density at radius 1 is 1.50 bits per heavy atom. The molecule has 0 amide bonds. The fourth-order valence-electron chi connectivity index (χ4n) is 2.24. The minimum atomic E-state index is 0.783. The minimum absolute atomic E-state index is 0.783. The molecule has 0 aromatic heterocycles. The largest absolute Gasteiger partial charge is 0.317 e. The molecule has 2 atom stereocenters. The Morgan fingerprint density at radius 3 is 2.64 bits per heavy atom. The molecular weight excluding hydrogens is 172 g/mol. The first kappa shape index (κ1) is 11.7. The summed E-state index contributed by atoms with van der Waals surface area (Å²) in [5.41, 5.74) is 1.27. The van der Waals surface area contributed by atoms with Crippen LogP contribution < -0.4 is 5.32 Å². The molecule has 0 spiro atoms. The molecule has 0 heterocycles. The second-order valence-electron chi connectivity index (χ2n) is 4.58. The normalized spacial score (nSPS) is 26.3. The molecule has 82 valence electrons. The zero-order chi connectivity index (χ0) is 10.6. The molecule has 2 unspecified atom stereocenters. The smallest absolute Gasteiger partial charge is 0.0187 e. The molecule has 0 aliphatic heterocycles. The maximum Gasteiger partial charge on any atom is 0.0187 e. The SMILES string of the molecule is C=C(C)CN(C)C1CCC1CNCC. The van der Waals surface area contributed by atoms with E-state index in [4.69, 9.17) is 0 Å². The zero-order valence-electron chi connectivity index (χ0n) is 9.84. The summed E-state index contributed by atoms with van der Waals surface area (Å²) in [6.45, 7) is 11.6. The number of nitrogens with one attached hydrogen (secondary N) is 1. The zero-order valence-corrected chi connectivity index (χ0v) is 9.84. The summed E-state index contributed by atoms with van der Waals surface area (Å²) < 4.78 is 0. The van der Waals surface area contributed by atoms with Crippen molar-refractivity contribution in [3.63, 3.8) is 0 Å². The van der Waals surface area contributed by atoms with Gasteiger partial charge in [0.25, 0.3) is 0 Å². The van der Waals surface area contributed by atoms with E-state index in [1.807, 2.05) is 0 Å². The number of hydrogen-bond acceptors (Lipinski definition) is 2. The van der Waals surface area contributed by atoms with E-state index in [1.54, 1.807) is 0 Å². The van der Waals surface area contributed by atoms with Crippen molar-refractivity contribution in [2.75, 3.05) is 26.7 Å². The standard InChI is InChI=1S/C12H24N2/c1-5-13-8-11-6-7-12(11)14(4)9-10(2)3/h11-13H,2,5-9H2,1,3-4H3. The van der Waals surface area contributed by atoms with Crippen LogP contribution in [0.2, 0.25) is 0 Å². The monoisotopic (exact) mass is 196 g/mol. The number of hydrogen-bond donors (Lipinski definition) is 1. The molecule has 0 radical (unpaired) electrons. The third-order valence-corrected chi connectivity index (χ3v) is 3.12. The highest BCUT2D eigenvalue weighted by Crippen LogP contribution is 2.31. The van der Waals surface area contributed by atoms with E-state index < -0.39 is 0 Å². The second kappa shape index (κ2) is 5.52. The van der Waals surface area contributed by atoms with E-state index in [2.05, 4.69) is 37.7 Å². The molecule has 0 aromatic rings. The van der Waals surface area contributed by atoms with Crippen molar-refractivity contribution in [3.05, 3.63) is 12.2 Å². The van der Waals surface area contributed by atoms with Gasteiger partial charge in [-0.15, -0.1) is 0 Å². The Morgan fingerprint density at radius 2 is 2.21 bits per heavy atom. The highest BCUT2D eigenvalue weighted by molar-refractivity contribution is 4.96. The van der Waals surface area contributed by atoms with Gasteiger partial charge in [0.2, 0.25) is 0 Å². The predicted octanol–water partition coefficient (Wildman–Crippen LogP) is 1.88. The van der Waals surface area contributed by atoms with Crippen LogP contribution in [0, 0.1) is 5.92 Å². The van der Waals surface area contributed by atoms with Gasteiger partial charge in [-0.3, -0.25) is 4.90 Å². The number of rotatable bonds is 6. The molecule has 1 N–H and O–H groups in total. The lowest BCUT2D eigenvalue weighted by Gasteiger charge is -2.43. The Bertz CT molecular complexity index is 189. The van der Waals surface area contributed by atoms with Crippen molar-refractivity contribution in [2.24, 2.45) is 5.92 Å². The van der Waals surface area contributed by atoms with Gasteiger partial charge in [0.15, 0.2) is 0 Å². The molecule has 1 aliphatic rings. The predicted molar refractivity (Wildman–Crippen MR) is 62.5 cm³/mol. The first-order valence-electron chi connectivity index (χ1n) is 5.70. The topological polar surface area (TPSA) is 15.3 Å². The average molecular weight is 196 g/mol. The van der Waals surface area contributed by atoms with Crippen LogP contribution in [0.5, 0.6) is 0 Å². The van der Waals surface area contributed by atoms with Crippen molar-refractivity contribution in [1.29, 1.82) is 0 Å². The van der Waals surface area contributed by atoms with E-state index in [0.29, 0.717) is 0 Å². The van der Waals surface area contributed by atoms with Crippen LogP contribution in [0.25, 0.3) is 0 Å². The minimum Gasteiger partial charge on any atom is -0.317 e. The van der Waals surface area contributed by atoms with Crippen LogP contribution in [0.4, 0.5) is 0 Å². The second-order valence-corrected chi connectivity index (χ2v) is 4.58. The summed E-state index contributed by atoms with van der Waals surface area (Å²) in [6.07, 6.45) is 2.75. The van der Waals surface area contributed by atoms with Crippen LogP contribution in [0.15, 0.2) is 12.2 Å². The van der Waals surface area contributed by atoms with E-state index >= 15 is 0 Å². The van der Waals surface area contributed by atoms with Crippen molar-refractivity contribution in [3.8, 4) is 0 Å². The van der Waals surface area contributed by atoms with Crippen LogP contribution in [-0.4, -0.2) is 37.6 Å². The highest BCUT2D eigenvalue weighted by Gasteiger charge is 2.32. The van der Waals surface area contributed by atoms with Gasteiger partial charge < -0.3 is 5.32 Å². The van der Waals surface area contributed by atoms with Crippen LogP contribution in [0.1, 0.15) is 26.7 Å². The average Bonchev–Trinajstić information content (AvgIpc) is 2.01. The van der Waals surface area contributed by atoms with E-state index in [9.17, 15) is 0 Å². The summed E-state index contributed by atoms with van der Waals surface area (Å²) in [4.78, 5) is 2.45. The lowest BCUT2D eigenvalue weighted by molar-refractivity contribution is 0.0919. The molecule has 14 heavy (non-hydrogen) atoms. The highest BCUT2D eigenvalue weighted by atomic mass is 15.1. The summed E-state index contributed by atoms with van der Waals surface area (Å²) in [7, 11) is 2.22. The van der Waals surface area contributed by atoms with Gasteiger partial charge in [-0.05, 0) is 45.8 Å². The van der Waals surface area contributed by atoms with Gasteiger partial charge in [0.05, 0.1) is 0 Å². The van der Waals surface area contributed by atoms with Crippen molar-refractivity contribution in [1.82, 2.24) is 10.2 Å². The number of nitrogens with zero attached hydrogens (tertiary/aromatic N) is 1. The molecule has 1 fully saturated rings. The summed E-state index contributed by atoms with van der Waals surface area (Å²) in [5.74, 6) is 0.860. The Kier molecular flexibility index (Phi) is 4.63. The molecule has 1 rings (SSSR count). The number of likely N-dealkylation sites (N-methyl/N-ethyl adjacent to an activating group) is 1. The summed E-state index contributed by atoms with van der Waals surface area (Å²) >= 11 is 0. The van der Waals surface area contributed by atoms with Gasteiger partial charge in [-0.2, -0.15) is 0 Å². The van der Waals surface area contributed by atoms with Crippen LogP contribution in [-0.2, 0) is 0 Å². The molecule has 2 nitrogen and oxygen atoms in total. The van der Waals surface area contributed by atoms with Gasteiger partial charge >= 0.3 is 0 Å². The molecule has 1 saturated carbocycles. The maximum absolute atomic E-state index is 3.97. The van der Waals surface area contributed by atoms with Gasteiger partial charge in [-0.25, -0.2) is 0 Å². The maximum atomic E-state index is 3.97. The van der Waals surface area contributed by atoms with E-state index in [1.165, 1.54) is 25.0 Å². The summed E-state index contributed by atoms with van der Waals surface area (Å²) in [6, 6.07) is 0.783. The van der Waals surface area contributed by atoms with Crippen molar-refractivity contribution in [2.45, 2.75) is 32.7 Å². The molecule has 0 aromatic carbocycles. The fourth-order valence-corrected chi connectivity index (χ4v) is 2.24. The molecular formula is C12H24N2. The van der Waals surface area contributed by atoms with Crippen LogP contribution in [0.3, 0.4) is 0 Å². The lowest BCUT2D eigenvalue weighted by Crippen LogP contribution is -2.49. The van der Waals surface area contributed by atoms with Gasteiger partial charge in [0, 0.05) is 12.6 Å². The molecule has 0 saturated heterocycles. The van der Waals surface area contributed by atoms with Crippen molar-refractivity contribution < 1.29 is 0 Å². The third kappa shape index (κ3) is 3.10. The Labute approximate surface area is 88.4 Å². The summed E-state index contributed by atoms with van der Waals surface area (Å²) in [5, 5.41) is 3.44. The van der Waals surface area contributed by atoms with Crippen molar-refractivity contribution >= 4 is 0 Å². The molecule has 0 bridgehead atoms. The van der Waals surface area contributed by atoms with Crippen LogP contribution >= 0.6 is 0 Å². The van der Waals surface area contributed by atoms with Gasteiger partial charge in [-0.1, -0.05) is 19.1 Å². The fraction of sp³-hybridized carbons (Fsp3) is 0.833. The first-order chi connectivity index (χ1) is 6.65. The Balaban J connectivity index is 2.26. The Hall–Kier alpha value is -0.340. The molecule has 1 aliphatic carbocycles.